The molecule has 2 heterocycles. The van der Waals surface area contributed by atoms with E-state index in [1.54, 1.807) is 35.2 Å². The van der Waals surface area contributed by atoms with Crippen molar-refractivity contribution >= 4 is 15.9 Å². The van der Waals surface area contributed by atoms with Crippen LogP contribution in [0.4, 0.5) is 0 Å². The Morgan fingerprint density at radius 2 is 1.88 bits per heavy atom. The smallest absolute Gasteiger partial charge is 0.248 e. The highest BCUT2D eigenvalue weighted by Crippen LogP contribution is 2.38. The number of nitrogens with zero attached hydrogens (tertiary/aromatic N) is 2. The molecule has 0 unspecified atom stereocenters. The maximum Gasteiger partial charge on any atom is 0.248 e. The average molecular weight is 368 g/mol. The highest BCUT2D eigenvalue weighted by atomic mass is 32.2. The maximum atomic E-state index is 13.0. The minimum atomic E-state index is -3.62. The Kier molecular flexibility index (Phi) is 5.43. The first-order valence-electron chi connectivity index (χ1n) is 8.57. The molecule has 0 atom stereocenters. The zero-order chi connectivity index (χ0) is 17.9. The van der Waals surface area contributed by atoms with Gasteiger partial charge >= 0.3 is 0 Å². The molecular formula is C17H24N2O5S. The fraction of sp³-hybridized carbons (Fsp3) is 0.588. The van der Waals surface area contributed by atoms with Gasteiger partial charge in [0, 0.05) is 39.1 Å². The highest BCUT2D eigenvalue weighted by Gasteiger charge is 2.50. The highest BCUT2D eigenvalue weighted by molar-refractivity contribution is 7.89. The number of sulfonamides is 1. The lowest BCUT2D eigenvalue weighted by molar-refractivity contribution is -0.144. The Morgan fingerprint density at radius 3 is 2.52 bits per heavy atom. The lowest BCUT2D eigenvalue weighted by Gasteiger charge is -2.42. The summed E-state index contributed by atoms with van der Waals surface area (Å²) < 4.78 is 38.6. The number of hydrogen-bond donors (Lipinski definition) is 0. The molecule has 2 saturated heterocycles. The Morgan fingerprint density at radius 1 is 1.20 bits per heavy atom. The third-order valence-electron chi connectivity index (χ3n) is 4.78. The van der Waals surface area contributed by atoms with E-state index in [2.05, 4.69) is 0 Å². The molecule has 138 valence electrons. The average Bonchev–Trinajstić information content (AvgIpc) is 3.05. The first kappa shape index (κ1) is 18.3. The number of rotatable bonds is 5. The second-order valence-corrected chi connectivity index (χ2v) is 8.07. The normalized spacial score (nSPS) is 20.9. The van der Waals surface area contributed by atoms with Gasteiger partial charge in [0.25, 0.3) is 0 Å². The maximum absolute atomic E-state index is 13.0. The van der Waals surface area contributed by atoms with Gasteiger partial charge in [-0.25, -0.2) is 8.42 Å². The predicted octanol–water partition coefficient (Wildman–Crippen LogP) is 1.06. The van der Waals surface area contributed by atoms with Crippen molar-refractivity contribution in [2.24, 2.45) is 0 Å². The molecule has 2 aliphatic rings. The van der Waals surface area contributed by atoms with E-state index in [1.165, 1.54) is 4.31 Å². The van der Waals surface area contributed by atoms with E-state index in [9.17, 15) is 13.2 Å². The van der Waals surface area contributed by atoms with Crippen LogP contribution >= 0.6 is 0 Å². The molecule has 1 aromatic carbocycles. The number of piperidine rings is 1. The summed E-state index contributed by atoms with van der Waals surface area (Å²) in [5.74, 6) is -0.0628. The van der Waals surface area contributed by atoms with Crippen molar-refractivity contribution in [1.29, 1.82) is 0 Å². The van der Waals surface area contributed by atoms with E-state index in [0.29, 0.717) is 45.7 Å². The van der Waals surface area contributed by atoms with Gasteiger partial charge in [-0.3, -0.25) is 4.79 Å². The zero-order valence-corrected chi connectivity index (χ0v) is 15.2. The van der Waals surface area contributed by atoms with Crippen LogP contribution in [0.3, 0.4) is 0 Å². The van der Waals surface area contributed by atoms with Crippen molar-refractivity contribution in [2.75, 3.05) is 39.5 Å². The topological polar surface area (TPSA) is 76.2 Å². The quantitative estimate of drug-likeness (QED) is 0.777. The third-order valence-corrected chi connectivity index (χ3v) is 6.74. The van der Waals surface area contributed by atoms with Crippen LogP contribution < -0.4 is 0 Å². The number of carbonyl (C=O) groups is 1. The SMILES string of the molecule is CCOCC(=O)N1CCC2(CC1)OCCN2S(=O)(=O)c1ccccc1. The van der Waals surface area contributed by atoms with E-state index in [0.717, 1.165) is 0 Å². The van der Waals surface area contributed by atoms with Gasteiger partial charge in [0.05, 0.1) is 11.5 Å². The molecule has 0 radical (unpaired) electrons. The van der Waals surface area contributed by atoms with Gasteiger partial charge in [-0.15, -0.1) is 0 Å². The number of ether oxygens (including phenoxy) is 2. The number of hydrogen-bond acceptors (Lipinski definition) is 5. The molecule has 25 heavy (non-hydrogen) atoms. The van der Waals surface area contributed by atoms with E-state index < -0.39 is 15.7 Å². The monoisotopic (exact) mass is 368 g/mol. The molecule has 3 rings (SSSR count). The Labute approximate surface area is 148 Å². The molecule has 1 aromatic rings. The fourth-order valence-corrected chi connectivity index (χ4v) is 5.18. The summed E-state index contributed by atoms with van der Waals surface area (Å²) in [6.45, 7) is 4.05. The summed E-state index contributed by atoms with van der Waals surface area (Å²) in [5, 5.41) is 0. The van der Waals surface area contributed by atoms with Crippen molar-refractivity contribution in [3.8, 4) is 0 Å². The van der Waals surface area contributed by atoms with Crippen molar-refractivity contribution in [1.82, 2.24) is 9.21 Å². The van der Waals surface area contributed by atoms with Gasteiger partial charge in [0.2, 0.25) is 15.9 Å². The van der Waals surface area contributed by atoms with Gasteiger partial charge in [-0.1, -0.05) is 18.2 Å². The molecule has 0 N–H and O–H groups in total. The Balaban J connectivity index is 1.73. The van der Waals surface area contributed by atoms with Crippen LogP contribution in [-0.4, -0.2) is 68.7 Å². The van der Waals surface area contributed by atoms with Crippen LogP contribution in [0.5, 0.6) is 0 Å². The molecule has 0 aliphatic carbocycles. The summed E-state index contributed by atoms with van der Waals surface area (Å²) in [5.41, 5.74) is -0.850. The first-order chi connectivity index (χ1) is 12.0. The van der Waals surface area contributed by atoms with Gasteiger partial charge in [0.15, 0.2) is 0 Å². The van der Waals surface area contributed by atoms with Crippen LogP contribution in [0.25, 0.3) is 0 Å². The summed E-state index contributed by atoms with van der Waals surface area (Å²) in [6, 6.07) is 8.42. The zero-order valence-electron chi connectivity index (χ0n) is 14.4. The predicted molar refractivity (Wildman–Crippen MR) is 91.3 cm³/mol. The summed E-state index contributed by atoms with van der Waals surface area (Å²) in [7, 11) is -3.62. The Bertz CT molecular complexity index is 699. The largest absolute Gasteiger partial charge is 0.372 e. The standard InChI is InChI=1S/C17H24N2O5S/c1-2-23-14-16(20)18-10-8-17(9-11-18)19(12-13-24-17)25(21,22)15-6-4-3-5-7-15/h3-7H,2,8-14H2,1H3. The Hall–Kier alpha value is -1.48. The molecule has 2 aliphatic heterocycles. The molecule has 8 heteroatoms. The van der Waals surface area contributed by atoms with E-state index >= 15 is 0 Å². The minimum Gasteiger partial charge on any atom is -0.372 e. The molecule has 0 bridgehead atoms. The van der Waals surface area contributed by atoms with Gasteiger partial charge in [-0.05, 0) is 19.1 Å². The number of amides is 1. The van der Waals surface area contributed by atoms with Gasteiger partial charge in [0.1, 0.15) is 12.3 Å². The lowest BCUT2D eigenvalue weighted by Crippen LogP contribution is -2.56. The third kappa shape index (κ3) is 3.57. The molecule has 2 fully saturated rings. The first-order valence-corrected chi connectivity index (χ1v) is 10.0. The molecule has 0 aromatic heterocycles. The van der Waals surface area contributed by atoms with Crippen molar-refractivity contribution in [3.63, 3.8) is 0 Å². The van der Waals surface area contributed by atoms with Crippen LogP contribution in [0.1, 0.15) is 19.8 Å². The van der Waals surface area contributed by atoms with E-state index in [-0.39, 0.29) is 17.4 Å². The molecule has 7 nitrogen and oxygen atoms in total. The van der Waals surface area contributed by atoms with Crippen LogP contribution in [0.2, 0.25) is 0 Å². The van der Waals surface area contributed by atoms with Gasteiger partial charge in [-0.2, -0.15) is 4.31 Å². The van der Waals surface area contributed by atoms with Crippen molar-refractivity contribution in [3.05, 3.63) is 30.3 Å². The molecule has 1 spiro atoms. The van der Waals surface area contributed by atoms with Crippen LogP contribution in [0.15, 0.2) is 35.2 Å². The van der Waals surface area contributed by atoms with Crippen molar-refractivity contribution < 1.29 is 22.7 Å². The summed E-state index contributed by atoms with van der Waals surface area (Å²) >= 11 is 0. The van der Waals surface area contributed by atoms with Crippen molar-refractivity contribution in [2.45, 2.75) is 30.4 Å². The fourth-order valence-electron chi connectivity index (χ4n) is 3.43. The molecule has 0 saturated carbocycles. The molecular weight excluding hydrogens is 344 g/mol. The minimum absolute atomic E-state index is 0.0628. The second kappa shape index (κ2) is 7.41. The summed E-state index contributed by atoms with van der Waals surface area (Å²) in [6.07, 6.45) is 0.938. The van der Waals surface area contributed by atoms with Gasteiger partial charge < -0.3 is 14.4 Å². The van der Waals surface area contributed by atoms with E-state index in [1.807, 2.05) is 6.92 Å². The number of likely N-dealkylation sites (tertiary alicyclic amines) is 1. The van der Waals surface area contributed by atoms with Crippen LogP contribution in [0, 0.1) is 0 Å². The van der Waals surface area contributed by atoms with E-state index in [4.69, 9.17) is 9.47 Å². The lowest BCUT2D eigenvalue weighted by atomic mass is 10.0. The summed E-state index contributed by atoms with van der Waals surface area (Å²) in [4.78, 5) is 14.1. The number of benzene rings is 1. The second-order valence-electron chi connectivity index (χ2n) is 6.20. The number of carbonyl (C=O) groups excluding carboxylic acids is 1. The molecule has 1 amide bonds. The van der Waals surface area contributed by atoms with Crippen LogP contribution in [-0.2, 0) is 24.3 Å².